The summed E-state index contributed by atoms with van der Waals surface area (Å²) in [5.74, 6) is 0.412. The normalized spacial score (nSPS) is 10.1. The van der Waals surface area contributed by atoms with Crippen LogP contribution in [0, 0.1) is 11.3 Å². The Balaban J connectivity index is 3.29. The summed E-state index contributed by atoms with van der Waals surface area (Å²) in [7, 11) is 0. The van der Waals surface area contributed by atoms with Gasteiger partial charge in [0.1, 0.15) is 23.1 Å². The van der Waals surface area contributed by atoms with Gasteiger partial charge in [-0.05, 0) is 32.9 Å². The lowest BCUT2D eigenvalue weighted by Gasteiger charge is -2.22. The lowest BCUT2D eigenvalue weighted by Crippen LogP contribution is -2.23. The van der Waals surface area contributed by atoms with Gasteiger partial charge in [0, 0.05) is 0 Å². The standard InChI is InChI=1S/C12H12N2O2/c1-12(2,3)16-10-6-4-5-9(7-13)11(10)14-8-15/h4-6H,1-3H3. The van der Waals surface area contributed by atoms with Crippen molar-refractivity contribution in [2.75, 3.05) is 0 Å². The monoisotopic (exact) mass is 216 g/mol. The van der Waals surface area contributed by atoms with Gasteiger partial charge >= 0.3 is 0 Å². The van der Waals surface area contributed by atoms with Crippen LogP contribution in [-0.2, 0) is 4.79 Å². The first-order chi connectivity index (χ1) is 7.48. The van der Waals surface area contributed by atoms with Crippen molar-refractivity contribution in [1.29, 1.82) is 5.26 Å². The summed E-state index contributed by atoms with van der Waals surface area (Å²) in [6, 6.07) is 6.88. The number of para-hydroxylation sites is 1. The molecule has 1 aromatic carbocycles. The van der Waals surface area contributed by atoms with Crippen LogP contribution in [0.3, 0.4) is 0 Å². The molecule has 0 bridgehead atoms. The SMILES string of the molecule is CC(C)(C)Oc1cccc(C#N)c1N=C=O. The summed E-state index contributed by atoms with van der Waals surface area (Å²) in [5.41, 5.74) is 0.112. The molecule has 1 aromatic rings. The van der Waals surface area contributed by atoms with Gasteiger partial charge in [0.05, 0.1) is 5.56 Å². The van der Waals surface area contributed by atoms with Gasteiger partial charge < -0.3 is 4.74 Å². The van der Waals surface area contributed by atoms with E-state index in [1.165, 1.54) is 6.08 Å². The second-order valence-electron chi connectivity index (χ2n) is 4.18. The second-order valence-corrected chi connectivity index (χ2v) is 4.18. The first-order valence-corrected chi connectivity index (χ1v) is 4.78. The molecule has 0 atom stereocenters. The molecular formula is C12H12N2O2. The molecule has 4 heteroatoms. The van der Waals surface area contributed by atoms with Crippen molar-refractivity contribution in [2.24, 2.45) is 4.99 Å². The molecule has 0 radical (unpaired) electrons. The predicted octanol–water partition coefficient (Wildman–Crippen LogP) is 2.70. The molecule has 0 aliphatic heterocycles. The number of aliphatic imine (C=N–C) groups is 1. The molecule has 0 saturated heterocycles. The molecule has 16 heavy (non-hydrogen) atoms. The quantitative estimate of drug-likeness (QED) is 0.564. The third-order valence-electron chi connectivity index (χ3n) is 1.69. The van der Waals surface area contributed by atoms with Crippen molar-refractivity contribution in [3.63, 3.8) is 0 Å². The average Bonchev–Trinajstić information content (AvgIpc) is 2.18. The number of nitriles is 1. The van der Waals surface area contributed by atoms with Gasteiger partial charge in [0.15, 0.2) is 0 Å². The fourth-order valence-electron chi connectivity index (χ4n) is 1.19. The van der Waals surface area contributed by atoms with E-state index < -0.39 is 5.60 Å². The van der Waals surface area contributed by atoms with Gasteiger partial charge in [-0.2, -0.15) is 10.3 Å². The number of nitrogens with zero attached hydrogens (tertiary/aromatic N) is 2. The Hall–Kier alpha value is -2.11. The van der Waals surface area contributed by atoms with Crippen LogP contribution in [0.5, 0.6) is 5.75 Å². The van der Waals surface area contributed by atoms with Crippen LogP contribution in [0.4, 0.5) is 5.69 Å². The lowest BCUT2D eigenvalue weighted by atomic mass is 10.1. The number of hydrogen-bond donors (Lipinski definition) is 0. The minimum Gasteiger partial charge on any atom is -0.486 e. The van der Waals surface area contributed by atoms with Crippen LogP contribution in [0.25, 0.3) is 0 Å². The van der Waals surface area contributed by atoms with Gasteiger partial charge in [-0.1, -0.05) is 6.07 Å². The molecule has 0 aliphatic carbocycles. The number of hydrogen-bond acceptors (Lipinski definition) is 4. The Bertz CT molecular complexity index is 475. The van der Waals surface area contributed by atoms with E-state index >= 15 is 0 Å². The molecule has 4 nitrogen and oxygen atoms in total. The maximum absolute atomic E-state index is 10.3. The topological polar surface area (TPSA) is 62.4 Å². The fraction of sp³-hybridized carbons (Fsp3) is 0.333. The van der Waals surface area contributed by atoms with Crippen LogP contribution in [-0.4, -0.2) is 11.7 Å². The van der Waals surface area contributed by atoms with Crippen molar-refractivity contribution in [1.82, 2.24) is 0 Å². The van der Waals surface area contributed by atoms with Crippen molar-refractivity contribution in [3.8, 4) is 11.8 Å². The number of rotatable bonds is 2. The molecule has 0 spiro atoms. The molecule has 0 heterocycles. The van der Waals surface area contributed by atoms with Crippen LogP contribution in [0.1, 0.15) is 26.3 Å². The van der Waals surface area contributed by atoms with E-state index in [1.54, 1.807) is 18.2 Å². The molecule has 0 N–H and O–H groups in total. The molecule has 0 unspecified atom stereocenters. The number of carbonyl (C=O) groups excluding carboxylic acids is 1. The third kappa shape index (κ3) is 2.94. The fourth-order valence-corrected chi connectivity index (χ4v) is 1.19. The van der Waals surface area contributed by atoms with Gasteiger partial charge in [0.2, 0.25) is 6.08 Å². The zero-order chi connectivity index (χ0) is 12.2. The van der Waals surface area contributed by atoms with E-state index in [1.807, 2.05) is 26.8 Å². The van der Waals surface area contributed by atoms with Crippen LogP contribution in [0.15, 0.2) is 23.2 Å². The van der Waals surface area contributed by atoms with Crippen LogP contribution < -0.4 is 4.74 Å². The van der Waals surface area contributed by atoms with E-state index in [9.17, 15) is 4.79 Å². The largest absolute Gasteiger partial charge is 0.486 e. The smallest absolute Gasteiger partial charge is 0.240 e. The zero-order valence-corrected chi connectivity index (χ0v) is 9.44. The third-order valence-corrected chi connectivity index (χ3v) is 1.69. The first-order valence-electron chi connectivity index (χ1n) is 4.78. The number of ether oxygens (including phenoxy) is 1. The van der Waals surface area contributed by atoms with Gasteiger partial charge in [-0.3, -0.25) is 0 Å². The molecule has 0 aromatic heterocycles. The lowest BCUT2D eigenvalue weighted by molar-refractivity contribution is 0.131. The van der Waals surface area contributed by atoms with E-state index in [4.69, 9.17) is 10.00 Å². The van der Waals surface area contributed by atoms with E-state index in [-0.39, 0.29) is 5.69 Å². The summed E-state index contributed by atoms with van der Waals surface area (Å²) in [6.07, 6.45) is 1.43. The van der Waals surface area contributed by atoms with Gasteiger partial charge in [-0.15, -0.1) is 0 Å². The maximum Gasteiger partial charge on any atom is 0.240 e. The second kappa shape index (κ2) is 4.61. The Morgan fingerprint density at radius 1 is 1.38 bits per heavy atom. The zero-order valence-electron chi connectivity index (χ0n) is 9.44. The highest BCUT2D eigenvalue weighted by Gasteiger charge is 2.16. The molecular weight excluding hydrogens is 204 g/mol. The molecule has 0 fully saturated rings. The average molecular weight is 216 g/mol. The van der Waals surface area contributed by atoms with Crippen molar-refractivity contribution < 1.29 is 9.53 Å². The van der Waals surface area contributed by atoms with Gasteiger partial charge in [0.25, 0.3) is 0 Å². The first kappa shape index (κ1) is 12.0. The summed E-state index contributed by atoms with van der Waals surface area (Å²) in [5, 5.41) is 8.87. The maximum atomic E-state index is 10.3. The van der Waals surface area contributed by atoms with E-state index in [2.05, 4.69) is 4.99 Å². The predicted molar refractivity (Wildman–Crippen MR) is 59.3 cm³/mol. The van der Waals surface area contributed by atoms with Crippen molar-refractivity contribution in [3.05, 3.63) is 23.8 Å². The number of benzene rings is 1. The van der Waals surface area contributed by atoms with Gasteiger partial charge in [-0.25, -0.2) is 4.79 Å². The molecule has 82 valence electrons. The Morgan fingerprint density at radius 2 is 2.06 bits per heavy atom. The molecule has 1 rings (SSSR count). The minimum absolute atomic E-state index is 0.231. The Labute approximate surface area is 94.2 Å². The summed E-state index contributed by atoms with van der Waals surface area (Å²) >= 11 is 0. The van der Waals surface area contributed by atoms with Crippen molar-refractivity contribution in [2.45, 2.75) is 26.4 Å². The Kier molecular flexibility index (Phi) is 3.44. The molecule has 0 saturated carbocycles. The summed E-state index contributed by atoms with van der Waals surface area (Å²) < 4.78 is 5.60. The van der Waals surface area contributed by atoms with Crippen LogP contribution >= 0.6 is 0 Å². The molecule has 0 amide bonds. The van der Waals surface area contributed by atoms with Crippen molar-refractivity contribution >= 4 is 11.8 Å². The highest BCUT2D eigenvalue weighted by molar-refractivity contribution is 5.66. The van der Waals surface area contributed by atoms with E-state index in [0.717, 1.165) is 0 Å². The Morgan fingerprint density at radius 3 is 2.56 bits per heavy atom. The van der Waals surface area contributed by atoms with E-state index in [0.29, 0.717) is 11.3 Å². The highest BCUT2D eigenvalue weighted by Crippen LogP contribution is 2.33. The summed E-state index contributed by atoms with van der Waals surface area (Å²) in [4.78, 5) is 13.8. The van der Waals surface area contributed by atoms with Crippen LogP contribution in [0.2, 0.25) is 0 Å². The molecule has 0 aliphatic rings. The minimum atomic E-state index is -0.415. The summed E-state index contributed by atoms with van der Waals surface area (Å²) in [6.45, 7) is 5.63. The highest BCUT2D eigenvalue weighted by atomic mass is 16.5. The number of isocyanates is 1.